The number of hydrogen-bond donors (Lipinski definition) is 2. The Morgan fingerprint density at radius 1 is 0.900 bits per heavy atom. The zero-order chi connectivity index (χ0) is 21.3. The molecule has 0 spiro atoms. The lowest BCUT2D eigenvalue weighted by Crippen LogP contribution is -2.14. The highest BCUT2D eigenvalue weighted by atomic mass is 16.6. The minimum absolute atomic E-state index is 0.402. The van der Waals surface area contributed by atoms with Gasteiger partial charge in [-0.25, -0.2) is 4.79 Å². The highest BCUT2D eigenvalue weighted by Gasteiger charge is 2.20. The lowest BCUT2D eigenvalue weighted by molar-refractivity contribution is 0.0695. The fourth-order valence-electron chi connectivity index (χ4n) is 3.97. The number of hydrogen-bond acceptors (Lipinski definition) is 3. The molecule has 0 aromatic heterocycles. The maximum Gasteiger partial charge on any atom is 0.335 e. The van der Waals surface area contributed by atoms with E-state index in [1.54, 1.807) is 0 Å². The Balaban J connectivity index is 1.86. The second kappa shape index (κ2) is 10.6. The van der Waals surface area contributed by atoms with Gasteiger partial charge < -0.3 is 5.11 Å². The van der Waals surface area contributed by atoms with Gasteiger partial charge in [-0.15, -0.1) is 0 Å². The smallest absolute Gasteiger partial charge is 0.335 e. The van der Waals surface area contributed by atoms with Crippen molar-refractivity contribution in [3.8, 4) is 0 Å². The van der Waals surface area contributed by atoms with Gasteiger partial charge in [-0.3, -0.25) is 10.3 Å². The van der Waals surface area contributed by atoms with Gasteiger partial charge in [0.1, 0.15) is 0 Å². The zero-order valence-electron chi connectivity index (χ0n) is 17.7. The summed E-state index contributed by atoms with van der Waals surface area (Å²) in [4.78, 5) is 17.7. The summed E-state index contributed by atoms with van der Waals surface area (Å²) in [6.07, 6.45) is 2.96. The molecule has 0 aliphatic rings. The van der Waals surface area contributed by atoms with Crippen LogP contribution in [0.15, 0.2) is 66.7 Å². The highest BCUT2D eigenvalue weighted by molar-refractivity contribution is 5.90. The fourth-order valence-corrected chi connectivity index (χ4v) is 3.97. The van der Waals surface area contributed by atoms with Crippen LogP contribution in [0.25, 0.3) is 0 Å². The quantitative estimate of drug-likeness (QED) is 0.337. The minimum atomic E-state index is -0.872. The molecule has 30 heavy (non-hydrogen) atoms. The highest BCUT2D eigenvalue weighted by Crippen LogP contribution is 2.28. The molecule has 0 bridgehead atoms. The van der Waals surface area contributed by atoms with E-state index >= 15 is 0 Å². The number of carbonyl (C=O) groups is 1. The van der Waals surface area contributed by atoms with E-state index in [2.05, 4.69) is 19.3 Å². The molecule has 0 amide bonds. The van der Waals surface area contributed by atoms with Crippen molar-refractivity contribution in [3.63, 3.8) is 0 Å². The fraction of sp³-hybridized carbons (Fsp3) is 0.269. The van der Waals surface area contributed by atoms with E-state index in [0.717, 1.165) is 40.8 Å². The molecule has 0 fully saturated rings. The molecule has 0 heterocycles. The lowest BCUT2D eigenvalue weighted by atomic mass is 9.85. The molecule has 3 rings (SSSR count). The van der Waals surface area contributed by atoms with E-state index in [0.29, 0.717) is 25.0 Å². The van der Waals surface area contributed by atoms with Crippen LogP contribution in [0.5, 0.6) is 0 Å². The van der Waals surface area contributed by atoms with Crippen LogP contribution in [0.3, 0.4) is 0 Å². The van der Waals surface area contributed by atoms with E-state index in [9.17, 15) is 9.90 Å². The van der Waals surface area contributed by atoms with Crippen molar-refractivity contribution in [2.45, 2.75) is 39.5 Å². The van der Waals surface area contributed by atoms with Crippen molar-refractivity contribution < 1.29 is 14.7 Å². The van der Waals surface area contributed by atoms with Crippen molar-refractivity contribution >= 4 is 11.7 Å². The van der Waals surface area contributed by atoms with Gasteiger partial charge >= 0.3 is 5.97 Å². The standard InChI is InChI=1S/C26H29NO3/c1-3-22-20(15-16-30-27-21-13-9-6-10-14-21)18-25(26(28)29)24(23(22)4-2)17-19-11-7-5-8-12-19/h5-14,18,27H,3-4,15-17H2,1-2H3,(H,28,29). The summed E-state index contributed by atoms with van der Waals surface area (Å²) >= 11 is 0. The van der Waals surface area contributed by atoms with E-state index in [-0.39, 0.29) is 0 Å². The van der Waals surface area contributed by atoms with Crippen molar-refractivity contribution in [1.29, 1.82) is 0 Å². The van der Waals surface area contributed by atoms with Gasteiger partial charge in [0.15, 0.2) is 0 Å². The molecular weight excluding hydrogens is 374 g/mol. The number of benzene rings is 3. The molecule has 0 aliphatic carbocycles. The summed E-state index contributed by atoms with van der Waals surface area (Å²) in [6.45, 7) is 4.70. The first-order chi connectivity index (χ1) is 14.6. The summed E-state index contributed by atoms with van der Waals surface area (Å²) in [5.74, 6) is -0.872. The number of nitrogens with one attached hydrogen (secondary N) is 1. The SMILES string of the molecule is CCc1c(CCONc2ccccc2)cc(C(=O)O)c(Cc2ccccc2)c1CC. The maximum atomic E-state index is 12.1. The van der Waals surface area contributed by atoms with Gasteiger partial charge in [-0.05, 0) is 71.7 Å². The molecule has 0 unspecified atom stereocenters. The Morgan fingerprint density at radius 3 is 2.13 bits per heavy atom. The maximum absolute atomic E-state index is 12.1. The van der Waals surface area contributed by atoms with Gasteiger partial charge in [0.2, 0.25) is 0 Å². The number of aromatic carboxylic acids is 1. The molecule has 4 nitrogen and oxygen atoms in total. The molecule has 0 radical (unpaired) electrons. The number of para-hydroxylation sites is 1. The van der Waals surface area contributed by atoms with Gasteiger partial charge in [0, 0.05) is 0 Å². The van der Waals surface area contributed by atoms with Crippen molar-refractivity contribution in [3.05, 3.63) is 100 Å². The topological polar surface area (TPSA) is 58.6 Å². The normalized spacial score (nSPS) is 10.7. The van der Waals surface area contributed by atoms with E-state index in [1.165, 1.54) is 5.56 Å². The van der Waals surface area contributed by atoms with Crippen molar-refractivity contribution in [2.75, 3.05) is 12.1 Å². The third-order valence-electron chi connectivity index (χ3n) is 5.36. The third kappa shape index (κ3) is 5.28. The summed E-state index contributed by atoms with van der Waals surface area (Å²) in [7, 11) is 0. The van der Waals surface area contributed by atoms with Crippen LogP contribution in [0.2, 0.25) is 0 Å². The minimum Gasteiger partial charge on any atom is -0.478 e. The number of rotatable bonds is 10. The first-order valence-electron chi connectivity index (χ1n) is 10.5. The van der Waals surface area contributed by atoms with Gasteiger partial charge in [-0.1, -0.05) is 62.4 Å². The molecule has 0 atom stereocenters. The number of carboxylic acids is 1. The second-order valence-electron chi connectivity index (χ2n) is 7.26. The predicted octanol–water partition coefficient (Wildman–Crippen LogP) is 5.69. The second-order valence-corrected chi connectivity index (χ2v) is 7.26. The number of carboxylic acid groups (broad SMARTS) is 1. The summed E-state index contributed by atoms with van der Waals surface area (Å²) < 4.78 is 0. The molecule has 3 aromatic rings. The molecule has 3 aromatic carbocycles. The van der Waals surface area contributed by atoms with Gasteiger partial charge in [-0.2, -0.15) is 0 Å². The van der Waals surface area contributed by atoms with Crippen LogP contribution in [-0.4, -0.2) is 17.7 Å². The van der Waals surface area contributed by atoms with E-state index in [1.807, 2.05) is 66.7 Å². The third-order valence-corrected chi connectivity index (χ3v) is 5.36. The van der Waals surface area contributed by atoms with Crippen LogP contribution in [0.4, 0.5) is 5.69 Å². The van der Waals surface area contributed by atoms with Gasteiger partial charge in [0.05, 0.1) is 17.9 Å². The number of anilines is 1. The molecule has 2 N–H and O–H groups in total. The monoisotopic (exact) mass is 403 g/mol. The van der Waals surface area contributed by atoms with E-state index in [4.69, 9.17) is 4.84 Å². The summed E-state index contributed by atoms with van der Waals surface area (Å²) in [6, 6.07) is 21.6. The molecule has 0 saturated carbocycles. The van der Waals surface area contributed by atoms with Gasteiger partial charge in [0.25, 0.3) is 0 Å². The lowest BCUT2D eigenvalue weighted by Gasteiger charge is -2.20. The Hall–Kier alpha value is -3.11. The Kier molecular flexibility index (Phi) is 7.63. The summed E-state index contributed by atoms with van der Waals surface area (Å²) in [5, 5.41) is 9.93. The van der Waals surface area contributed by atoms with Crippen LogP contribution in [-0.2, 0) is 30.5 Å². The van der Waals surface area contributed by atoms with Crippen LogP contribution < -0.4 is 5.48 Å². The predicted molar refractivity (Wildman–Crippen MR) is 121 cm³/mol. The zero-order valence-corrected chi connectivity index (χ0v) is 17.7. The Morgan fingerprint density at radius 2 is 1.53 bits per heavy atom. The van der Waals surface area contributed by atoms with Crippen LogP contribution >= 0.6 is 0 Å². The molecule has 156 valence electrons. The molecular formula is C26H29NO3. The Bertz CT molecular complexity index is 969. The van der Waals surface area contributed by atoms with Crippen LogP contribution in [0, 0.1) is 0 Å². The first kappa shape index (κ1) is 21.6. The molecule has 0 saturated heterocycles. The average Bonchev–Trinajstić information content (AvgIpc) is 2.78. The summed E-state index contributed by atoms with van der Waals surface area (Å²) in [5.41, 5.74) is 9.76. The Labute approximate surface area is 178 Å². The molecule has 4 heteroatoms. The largest absolute Gasteiger partial charge is 0.478 e. The first-order valence-corrected chi connectivity index (χ1v) is 10.5. The molecule has 0 aliphatic heterocycles. The average molecular weight is 404 g/mol. The van der Waals surface area contributed by atoms with E-state index < -0.39 is 5.97 Å². The van der Waals surface area contributed by atoms with Crippen molar-refractivity contribution in [2.24, 2.45) is 0 Å². The van der Waals surface area contributed by atoms with Crippen LogP contribution in [0.1, 0.15) is 52.0 Å². The van der Waals surface area contributed by atoms with Crippen molar-refractivity contribution in [1.82, 2.24) is 0 Å².